The van der Waals surface area contributed by atoms with Gasteiger partial charge >= 0.3 is 6.18 Å². The maximum Gasteiger partial charge on any atom is 0.416 e. The second-order valence-electron chi connectivity index (χ2n) is 9.00. The van der Waals surface area contributed by atoms with Gasteiger partial charge in [0.1, 0.15) is 0 Å². The van der Waals surface area contributed by atoms with Crippen molar-refractivity contribution in [3.63, 3.8) is 0 Å². The fourth-order valence-electron chi connectivity index (χ4n) is 4.92. The molecule has 2 aromatic rings. The monoisotopic (exact) mass is 471 g/mol. The fraction of sp³-hybridized carbons (Fsp3) is 0.462. The van der Waals surface area contributed by atoms with Crippen LogP contribution in [0.5, 0.6) is 0 Å². The predicted molar refractivity (Wildman–Crippen MR) is 121 cm³/mol. The van der Waals surface area contributed by atoms with Crippen LogP contribution in [0.15, 0.2) is 48.5 Å². The first kappa shape index (κ1) is 24.2. The first-order valence-corrected chi connectivity index (χ1v) is 11.6. The summed E-state index contributed by atoms with van der Waals surface area (Å²) in [5.41, 5.74) is 0.417. The van der Waals surface area contributed by atoms with Gasteiger partial charge in [0.15, 0.2) is 0 Å². The molecule has 2 aliphatic rings. The number of alkyl halides is 3. The SMILES string of the molecule is N#Cc1ccc(CN2CCCN(C(=O)C3(c4cccc(C(F)(F)F)c4)CCOCC3)CC2)cc1. The third kappa shape index (κ3) is 5.26. The summed E-state index contributed by atoms with van der Waals surface area (Å²) >= 11 is 0. The van der Waals surface area contributed by atoms with Crippen LogP contribution < -0.4 is 0 Å². The lowest BCUT2D eigenvalue weighted by Gasteiger charge is -2.40. The molecule has 0 aromatic heterocycles. The van der Waals surface area contributed by atoms with Gasteiger partial charge in [-0.25, -0.2) is 0 Å². The van der Waals surface area contributed by atoms with E-state index in [-0.39, 0.29) is 5.91 Å². The number of ether oxygens (including phenoxy) is 1. The molecule has 0 radical (unpaired) electrons. The van der Waals surface area contributed by atoms with Crippen molar-refractivity contribution < 1.29 is 22.7 Å². The number of nitrogens with zero attached hydrogens (tertiary/aromatic N) is 3. The van der Waals surface area contributed by atoms with Crippen LogP contribution in [0.2, 0.25) is 0 Å². The number of carbonyl (C=O) groups excluding carboxylic acids is 1. The first-order chi connectivity index (χ1) is 16.3. The van der Waals surface area contributed by atoms with Gasteiger partial charge < -0.3 is 9.64 Å². The van der Waals surface area contributed by atoms with E-state index in [1.165, 1.54) is 6.07 Å². The summed E-state index contributed by atoms with van der Waals surface area (Å²) in [6.45, 7) is 4.02. The summed E-state index contributed by atoms with van der Waals surface area (Å²) < 4.78 is 45.7. The number of amides is 1. The number of nitriles is 1. The molecule has 5 nitrogen and oxygen atoms in total. The molecule has 0 aliphatic carbocycles. The van der Waals surface area contributed by atoms with Crippen molar-refractivity contribution in [3.8, 4) is 6.07 Å². The van der Waals surface area contributed by atoms with E-state index in [4.69, 9.17) is 10.00 Å². The normalized spacial score (nSPS) is 19.3. The Hall–Kier alpha value is -2.89. The van der Waals surface area contributed by atoms with Gasteiger partial charge in [-0.2, -0.15) is 18.4 Å². The van der Waals surface area contributed by atoms with Gasteiger partial charge in [0.2, 0.25) is 5.91 Å². The molecule has 0 bridgehead atoms. The zero-order valence-electron chi connectivity index (χ0n) is 19.0. The van der Waals surface area contributed by atoms with Crippen LogP contribution in [0, 0.1) is 11.3 Å². The van der Waals surface area contributed by atoms with E-state index in [1.807, 2.05) is 17.0 Å². The maximum absolute atomic E-state index is 13.9. The molecule has 180 valence electrons. The lowest BCUT2D eigenvalue weighted by molar-refractivity contribution is -0.142. The fourth-order valence-corrected chi connectivity index (χ4v) is 4.92. The Bertz CT molecular complexity index is 1040. The van der Waals surface area contributed by atoms with Crippen molar-refractivity contribution >= 4 is 5.91 Å². The van der Waals surface area contributed by atoms with E-state index in [1.54, 1.807) is 18.2 Å². The van der Waals surface area contributed by atoms with Gasteiger partial charge in [-0.1, -0.05) is 30.3 Å². The lowest BCUT2D eigenvalue weighted by atomic mass is 9.72. The Balaban J connectivity index is 1.51. The molecule has 0 spiro atoms. The summed E-state index contributed by atoms with van der Waals surface area (Å²) in [4.78, 5) is 18.0. The smallest absolute Gasteiger partial charge is 0.381 e. The molecule has 0 saturated carbocycles. The molecule has 0 N–H and O–H groups in total. The van der Waals surface area contributed by atoms with Crippen molar-refractivity contribution in [1.82, 2.24) is 9.80 Å². The van der Waals surface area contributed by atoms with E-state index in [0.717, 1.165) is 37.2 Å². The summed E-state index contributed by atoms with van der Waals surface area (Å²) in [5.74, 6) is -0.102. The average molecular weight is 472 g/mol. The molecular weight excluding hydrogens is 443 g/mol. The van der Waals surface area contributed by atoms with Gasteiger partial charge in [0, 0.05) is 45.9 Å². The van der Waals surface area contributed by atoms with E-state index in [0.29, 0.717) is 56.8 Å². The summed E-state index contributed by atoms with van der Waals surface area (Å²) in [7, 11) is 0. The molecule has 1 amide bonds. The minimum absolute atomic E-state index is 0.102. The summed E-state index contributed by atoms with van der Waals surface area (Å²) in [6.07, 6.45) is -2.92. The molecule has 4 rings (SSSR count). The molecule has 2 heterocycles. The molecule has 2 saturated heterocycles. The number of carbonyl (C=O) groups is 1. The Kier molecular flexibility index (Phi) is 7.24. The number of benzene rings is 2. The summed E-state index contributed by atoms with van der Waals surface area (Å²) in [6, 6.07) is 14.8. The highest BCUT2D eigenvalue weighted by Crippen LogP contribution is 2.39. The van der Waals surface area contributed by atoms with Crippen LogP contribution in [-0.4, -0.2) is 55.1 Å². The van der Waals surface area contributed by atoms with Crippen LogP contribution in [0.1, 0.15) is 41.5 Å². The van der Waals surface area contributed by atoms with Crippen LogP contribution in [0.25, 0.3) is 0 Å². The van der Waals surface area contributed by atoms with Crippen LogP contribution in [-0.2, 0) is 27.7 Å². The van der Waals surface area contributed by atoms with E-state index in [2.05, 4.69) is 11.0 Å². The highest BCUT2D eigenvalue weighted by molar-refractivity contribution is 5.88. The molecule has 0 unspecified atom stereocenters. The lowest BCUT2D eigenvalue weighted by Crippen LogP contribution is -2.51. The zero-order chi connectivity index (χ0) is 24.2. The van der Waals surface area contributed by atoms with Crippen LogP contribution in [0.3, 0.4) is 0 Å². The largest absolute Gasteiger partial charge is 0.416 e. The van der Waals surface area contributed by atoms with Crippen molar-refractivity contribution in [2.24, 2.45) is 0 Å². The molecule has 2 fully saturated rings. The van der Waals surface area contributed by atoms with Gasteiger partial charge in [-0.05, 0) is 48.6 Å². The van der Waals surface area contributed by atoms with Crippen molar-refractivity contribution in [2.45, 2.75) is 37.4 Å². The maximum atomic E-state index is 13.9. The number of halogens is 3. The van der Waals surface area contributed by atoms with Crippen LogP contribution in [0.4, 0.5) is 13.2 Å². The predicted octanol–water partition coefficient (Wildman–Crippen LogP) is 4.36. The quantitative estimate of drug-likeness (QED) is 0.665. The summed E-state index contributed by atoms with van der Waals surface area (Å²) in [5, 5.41) is 8.97. The zero-order valence-corrected chi connectivity index (χ0v) is 19.0. The molecule has 2 aromatic carbocycles. The number of hydrogen-bond acceptors (Lipinski definition) is 4. The number of rotatable bonds is 4. The third-order valence-corrected chi connectivity index (χ3v) is 6.86. The van der Waals surface area contributed by atoms with E-state index < -0.39 is 17.2 Å². The molecule has 34 heavy (non-hydrogen) atoms. The van der Waals surface area contributed by atoms with Gasteiger partial charge in [0.25, 0.3) is 0 Å². The second-order valence-corrected chi connectivity index (χ2v) is 9.00. The first-order valence-electron chi connectivity index (χ1n) is 11.6. The van der Waals surface area contributed by atoms with Crippen molar-refractivity contribution in [3.05, 3.63) is 70.8 Å². The Morgan fingerprint density at radius 3 is 2.44 bits per heavy atom. The molecule has 8 heteroatoms. The van der Waals surface area contributed by atoms with Gasteiger partial charge in [-0.3, -0.25) is 9.69 Å². The highest BCUT2D eigenvalue weighted by Gasteiger charge is 2.45. The highest BCUT2D eigenvalue weighted by atomic mass is 19.4. The molecule has 0 atom stereocenters. The molecule has 2 aliphatic heterocycles. The van der Waals surface area contributed by atoms with E-state index >= 15 is 0 Å². The Labute approximate surface area is 197 Å². The molecular formula is C26H28F3N3O2. The minimum Gasteiger partial charge on any atom is -0.381 e. The second kappa shape index (κ2) is 10.2. The van der Waals surface area contributed by atoms with Gasteiger partial charge in [0.05, 0.1) is 22.6 Å². The minimum atomic E-state index is -4.46. The Morgan fingerprint density at radius 2 is 1.76 bits per heavy atom. The van der Waals surface area contributed by atoms with E-state index in [9.17, 15) is 18.0 Å². The van der Waals surface area contributed by atoms with Gasteiger partial charge in [-0.15, -0.1) is 0 Å². The van der Waals surface area contributed by atoms with Crippen molar-refractivity contribution in [2.75, 3.05) is 39.4 Å². The number of hydrogen-bond donors (Lipinski definition) is 0. The Morgan fingerprint density at radius 1 is 1.03 bits per heavy atom. The van der Waals surface area contributed by atoms with Crippen molar-refractivity contribution in [1.29, 1.82) is 5.26 Å². The van der Waals surface area contributed by atoms with Crippen LogP contribution >= 0.6 is 0 Å². The average Bonchev–Trinajstić information content (AvgIpc) is 3.09. The topological polar surface area (TPSA) is 56.6 Å². The standard InChI is InChI=1S/C26H28F3N3O2/c27-26(28,29)23-4-1-3-22(17-23)25(9-15-34-16-10-25)24(33)32-12-2-11-31(13-14-32)19-21-7-5-20(18-30)6-8-21/h1,3-8,17H,2,9-16,19H2. The third-order valence-electron chi connectivity index (χ3n) is 6.86.